The lowest BCUT2D eigenvalue weighted by Gasteiger charge is -2.34. The molecule has 5 rings (SSSR count). The van der Waals surface area contributed by atoms with Crippen LogP contribution in [0.2, 0.25) is 0 Å². The first kappa shape index (κ1) is 24.9. The third-order valence-corrected chi connectivity index (χ3v) is 7.38. The van der Waals surface area contributed by atoms with Crippen molar-refractivity contribution in [2.45, 2.75) is 51.3 Å². The van der Waals surface area contributed by atoms with Crippen molar-refractivity contribution in [3.63, 3.8) is 0 Å². The number of carbonyl (C=O) groups is 1. The molecule has 0 radical (unpaired) electrons. The van der Waals surface area contributed by atoms with Gasteiger partial charge in [0.05, 0.1) is 12.6 Å². The number of nitrogens with one attached hydrogen (secondary N) is 2. The predicted molar refractivity (Wildman–Crippen MR) is 140 cm³/mol. The van der Waals surface area contributed by atoms with Gasteiger partial charge in [0.15, 0.2) is 5.78 Å². The molecule has 1 aromatic heterocycles. The van der Waals surface area contributed by atoms with Gasteiger partial charge in [0, 0.05) is 28.9 Å². The van der Waals surface area contributed by atoms with Crippen molar-refractivity contribution < 1.29 is 9.53 Å². The van der Waals surface area contributed by atoms with Crippen molar-refractivity contribution in [1.82, 2.24) is 15.2 Å². The summed E-state index contributed by atoms with van der Waals surface area (Å²) >= 11 is 0. The number of piperidine rings is 1. The number of ether oxygens (including phenoxy) is 1. The summed E-state index contributed by atoms with van der Waals surface area (Å²) in [5.74, 6) is 0.841. The normalized spacial score (nSPS) is 19.8. The maximum Gasteiger partial charge on any atom is 0.193 e. The van der Waals surface area contributed by atoms with Crippen LogP contribution in [0.1, 0.15) is 60.6 Å². The summed E-state index contributed by atoms with van der Waals surface area (Å²) in [7, 11) is 0. The largest absolute Gasteiger partial charge is 0.371 e. The fourth-order valence-electron chi connectivity index (χ4n) is 5.21. The lowest BCUT2D eigenvalue weighted by atomic mass is 9.91. The van der Waals surface area contributed by atoms with Gasteiger partial charge < -0.3 is 19.9 Å². The van der Waals surface area contributed by atoms with Crippen LogP contribution in [0.3, 0.4) is 0 Å². The first-order chi connectivity index (χ1) is 16.1. The number of benzene rings is 2. The van der Waals surface area contributed by atoms with Crippen LogP contribution in [0.4, 0.5) is 0 Å². The number of aromatic nitrogens is 1. The Hall–Kier alpha value is -2.18. The van der Waals surface area contributed by atoms with E-state index in [1.54, 1.807) is 0 Å². The molecule has 2 unspecified atom stereocenters. The Morgan fingerprint density at radius 3 is 2.65 bits per heavy atom. The van der Waals surface area contributed by atoms with Gasteiger partial charge in [0.2, 0.25) is 0 Å². The second-order valence-electron chi connectivity index (χ2n) is 9.86. The molecule has 5 nitrogen and oxygen atoms in total. The van der Waals surface area contributed by atoms with E-state index in [9.17, 15) is 4.79 Å². The summed E-state index contributed by atoms with van der Waals surface area (Å²) in [6.45, 7) is 8.70. The zero-order valence-corrected chi connectivity index (χ0v) is 20.9. The molecular formula is C28H36ClN3O2. The lowest BCUT2D eigenvalue weighted by Crippen LogP contribution is -2.39. The molecule has 2 N–H and O–H groups in total. The molecule has 0 bridgehead atoms. The number of epoxide rings is 1. The summed E-state index contributed by atoms with van der Waals surface area (Å²) in [5.41, 5.74) is 3.51. The second kappa shape index (κ2) is 11.0. The van der Waals surface area contributed by atoms with Gasteiger partial charge in [-0.15, -0.1) is 12.4 Å². The number of halogens is 1. The van der Waals surface area contributed by atoms with Gasteiger partial charge >= 0.3 is 0 Å². The number of rotatable bonds is 9. The topological polar surface area (TPSA) is 60.7 Å². The quantitative estimate of drug-likeness (QED) is 0.319. The molecule has 0 aliphatic carbocycles. The Balaban J connectivity index is 0.00000274. The van der Waals surface area contributed by atoms with E-state index in [4.69, 9.17) is 4.74 Å². The van der Waals surface area contributed by atoms with E-state index in [0.717, 1.165) is 41.1 Å². The molecule has 0 spiro atoms. The molecule has 2 atom stereocenters. The summed E-state index contributed by atoms with van der Waals surface area (Å²) in [5, 5.41) is 4.87. The number of ketones is 1. The zero-order chi connectivity index (χ0) is 22.8. The van der Waals surface area contributed by atoms with Crippen LogP contribution in [0.5, 0.6) is 0 Å². The van der Waals surface area contributed by atoms with Crippen molar-refractivity contribution in [2.24, 2.45) is 5.92 Å². The second-order valence-corrected chi connectivity index (χ2v) is 9.86. The van der Waals surface area contributed by atoms with Crippen LogP contribution in [0.15, 0.2) is 54.7 Å². The van der Waals surface area contributed by atoms with E-state index in [1.165, 1.54) is 32.4 Å². The molecule has 2 aliphatic heterocycles. The van der Waals surface area contributed by atoms with Gasteiger partial charge in [0.1, 0.15) is 6.10 Å². The van der Waals surface area contributed by atoms with E-state index < -0.39 is 0 Å². The number of hydrogen-bond acceptors (Lipinski definition) is 4. The minimum Gasteiger partial charge on any atom is -0.371 e. The molecular weight excluding hydrogens is 446 g/mol. The van der Waals surface area contributed by atoms with Gasteiger partial charge in [-0.3, -0.25) is 4.79 Å². The molecule has 2 aliphatic rings. The number of fused-ring (bicyclic) bond motifs is 1. The Bertz CT molecular complexity index is 1100. The van der Waals surface area contributed by atoms with Crippen LogP contribution in [0, 0.1) is 5.92 Å². The van der Waals surface area contributed by atoms with Gasteiger partial charge in [-0.2, -0.15) is 0 Å². The highest BCUT2D eigenvalue weighted by atomic mass is 35.5. The van der Waals surface area contributed by atoms with Crippen molar-refractivity contribution in [3.8, 4) is 0 Å². The number of H-pyrrole nitrogens is 1. The van der Waals surface area contributed by atoms with E-state index >= 15 is 0 Å². The highest BCUT2D eigenvalue weighted by molar-refractivity contribution is 6.11. The molecule has 34 heavy (non-hydrogen) atoms. The van der Waals surface area contributed by atoms with Crippen LogP contribution in [-0.2, 0) is 4.74 Å². The van der Waals surface area contributed by atoms with Crippen molar-refractivity contribution in [3.05, 3.63) is 71.4 Å². The van der Waals surface area contributed by atoms with Gasteiger partial charge in [-0.25, -0.2) is 0 Å². The smallest absolute Gasteiger partial charge is 0.193 e. The number of nitrogens with zero attached hydrogens (tertiary/aromatic N) is 1. The fraction of sp³-hybridized carbons (Fsp3) is 0.464. The average Bonchev–Trinajstić information content (AvgIpc) is 3.57. The molecule has 6 heteroatoms. The Labute approximate surface area is 208 Å². The average molecular weight is 482 g/mol. The first-order valence-electron chi connectivity index (χ1n) is 12.4. The molecule has 2 saturated heterocycles. The summed E-state index contributed by atoms with van der Waals surface area (Å²) in [4.78, 5) is 19.3. The van der Waals surface area contributed by atoms with Gasteiger partial charge in [-0.1, -0.05) is 36.4 Å². The van der Waals surface area contributed by atoms with Crippen LogP contribution < -0.4 is 5.32 Å². The molecule has 182 valence electrons. The third kappa shape index (κ3) is 5.55. The molecule has 3 aromatic rings. The first-order valence-corrected chi connectivity index (χ1v) is 12.4. The van der Waals surface area contributed by atoms with Crippen LogP contribution in [0.25, 0.3) is 10.9 Å². The SMILES string of the molecule is CC(C)N1CCC(CCNC(c2ccccc2C(=O)c2ccc3cc[nH]c3c2)C2CO2)CC1.Cl. The van der Waals surface area contributed by atoms with Crippen molar-refractivity contribution in [2.75, 3.05) is 26.2 Å². The zero-order valence-electron chi connectivity index (χ0n) is 20.1. The highest BCUT2D eigenvalue weighted by Gasteiger charge is 2.35. The minimum atomic E-state index is 0. The Morgan fingerprint density at radius 1 is 1.15 bits per heavy atom. The van der Waals surface area contributed by atoms with Crippen LogP contribution >= 0.6 is 12.4 Å². The summed E-state index contributed by atoms with van der Waals surface area (Å²) < 4.78 is 5.71. The third-order valence-electron chi connectivity index (χ3n) is 7.38. The molecule has 0 amide bonds. The highest BCUT2D eigenvalue weighted by Crippen LogP contribution is 2.32. The van der Waals surface area contributed by atoms with E-state index in [2.05, 4.69) is 35.1 Å². The lowest BCUT2D eigenvalue weighted by molar-refractivity contribution is 0.103. The maximum absolute atomic E-state index is 13.5. The maximum atomic E-state index is 13.5. The van der Waals surface area contributed by atoms with Crippen molar-refractivity contribution in [1.29, 1.82) is 0 Å². The van der Waals surface area contributed by atoms with E-state index in [-0.39, 0.29) is 30.3 Å². The molecule has 3 heterocycles. The standard InChI is InChI=1S/C28H35N3O2.ClH/c1-19(2)31-15-11-20(12-16-31)9-13-30-27(26-18-33-26)23-5-3-4-6-24(23)28(32)22-8-7-21-10-14-29-25(21)17-22;/h3-8,10,14,17,19-20,26-27,29-30H,9,11-13,15-16,18H2,1-2H3;1H. The minimum absolute atomic E-state index is 0. The molecule has 2 aromatic carbocycles. The Kier molecular flexibility index (Phi) is 8.10. The number of aromatic amines is 1. The molecule has 2 fully saturated rings. The fourth-order valence-corrected chi connectivity index (χ4v) is 5.21. The van der Waals surface area contributed by atoms with Gasteiger partial charge in [-0.05, 0) is 81.7 Å². The molecule has 0 saturated carbocycles. The van der Waals surface area contributed by atoms with E-state index in [0.29, 0.717) is 11.6 Å². The van der Waals surface area contributed by atoms with Crippen molar-refractivity contribution >= 4 is 29.1 Å². The monoisotopic (exact) mass is 481 g/mol. The predicted octanol–water partition coefficient (Wildman–Crippen LogP) is 5.36. The van der Waals surface area contributed by atoms with Crippen LogP contribution in [-0.4, -0.2) is 54.1 Å². The number of likely N-dealkylation sites (tertiary alicyclic amines) is 1. The van der Waals surface area contributed by atoms with E-state index in [1.807, 2.05) is 48.7 Å². The number of carbonyl (C=O) groups excluding carboxylic acids is 1. The summed E-state index contributed by atoms with van der Waals surface area (Å²) in [6.07, 6.45) is 5.79. The summed E-state index contributed by atoms with van der Waals surface area (Å²) in [6, 6.07) is 16.6. The van der Waals surface area contributed by atoms with Gasteiger partial charge in [0.25, 0.3) is 0 Å². The Morgan fingerprint density at radius 2 is 1.91 bits per heavy atom. The number of hydrogen-bond donors (Lipinski definition) is 2.